The quantitative estimate of drug-likeness (QED) is 0.669. The number of nitrogens with one attached hydrogen (secondary N) is 1. The molecule has 1 unspecified atom stereocenters. The second kappa shape index (κ2) is 8.16. The van der Waals surface area contributed by atoms with E-state index in [2.05, 4.69) is 39.2 Å². The number of ether oxygens (including phenoxy) is 1. The fourth-order valence-corrected chi connectivity index (χ4v) is 3.12. The molecule has 3 rings (SSSR count). The molecule has 2 aromatic rings. The molecule has 0 saturated carbocycles. The lowest BCUT2D eigenvalue weighted by atomic mass is 10.1. The lowest BCUT2D eigenvalue weighted by Crippen LogP contribution is -2.39. The van der Waals surface area contributed by atoms with Gasteiger partial charge in [-0.15, -0.1) is 0 Å². The summed E-state index contributed by atoms with van der Waals surface area (Å²) in [6.07, 6.45) is 2.84. The fourth-order valence-electron chi connectivity index (χ4n) is 3.12. The Morgan fingerprint density at radius 3 is 2.92 bits per heavy atom. The van der Waals surface area contributed by atoms with Crippen molar-refractivity contribution < 1.29 is 9.15 Å². The predicted molar refractivity (Wildman–Crippen MR) is 98.4 cm³/mol. The lowest BCUT2D eigenvalue weighted by Gasteiger charge is -2.21. The van der Waals surface area contributed by atoms with E-state index in [4.69, 9.17) is 9.15 Å². The highest BCUT2D eigenvalue weighted by atomic mass is 16.5. The molecule has 1 aromatic carbocycles. The van der Waals surface area contributed by atoms with E-state index in [-0.39, 0.29) is 0 Å². The Balaban J connectivity index is 1.57. The Kier molecular flexibility index (Phi) is 5.71. The van der Waals surface area contributed by atoms with Gasteiger partial charge in [0.15, 0.2) is 5.96 Å². The average molecular weight is 342 g/mol. The van der Waals surface area contributed by atoms with Gasteiger partial charge in [0.2, 0.25) is 5.89 Å². The van der Waals surface area contributed by atoms with Crippen LogP contribution in [0.4, 0.5) is 0 Å². The van der Waals surface area contributed by atoms with Crippen molar-refractivity contribution in [2.75, 3.05) is 33.9 Å². The Bertz CT molecular complexity index is 708. The first kappa shape index (κ1) is 17.5. The number of hydrogen-bond donors (Lipinski definition) is 1. The Morgan fingerprint density at radius 1 is 1.40 bits per heavy atom. The highest BCUT2D eigenvalue weighted by Gasteiger charge is 2.24. The third-order valence-corrected chi connectivity index (χ3v) is 4.48. The summed E-state index contributed by atoms with van der Waals surface area (Å²) in [5.74, 6) is 2.12. The largest absolute Gasteiger partial charge is 0.444 e. The number of rotatable bonds is 5. The van der Waals surface area contributed by atoms with Crippen molar-refractivity contribution in [3.63, 3.8) is 0 Å². The molecule has 0 amide bonds. The van der Waals surface area contributed by atoms with Crippen molar-refractivity contribution in [2.24, 2.45) is 10.9 Å². The maximum Gasteiger partial charge on any atom is 0.226 e. The SMILES string of the molecule is CN=C(NCc1coc(-c2ccc(C)cc2)n1)N1CCC(COC)C1. The molecule has 1 atom stereocenters. The minimum atomic E-state index is 0.573. The molecule has 0 spiro atoms. The van der Waals surface area contributed by atoms with Crippen LogP contribution in [0.3, 0.4) is 0 Å². The van der Waals surface area contributed by atoms with Crippen molar-refractivity contribution >= 4 is 5.96 Å². The van der Waals surface area contributed by atoms with Crippen LogP contribution in [0.1, 0.15) is 17.7 Å². The molecule has 1 aliphatic heterocycles. The van der Waals surface area contributed by atoms with Crippen molar-refractivity contribution in [3.8, 4) is 11.5 Å². The molecule has 1 N–H and O–H groups in total. The first-order chi connectivity index (χ1) is 12.2. The van der Waals surface area contributed by atoms with Gasteiger partial charge in [-0.25, -0.2) is 4.98 Å². The number of nitrogens with zero attached hydrogens (tertiary/aromatic N) is 3. The number of aryl methyl sites for hydroxylation is 1. The Morgan fingerprint density at radius 2 is 2.20 bits per heavy atom. The summed E-state index contributed by atoms with van der Waals surface area (Å²) in [7, 11) is 3.57. The van der Waals surface area contributed by atoms with Crippen molar-refractivity contribution in [1.82, 2.24) is 15.2 Å². The van der Waals surface area contributed by atoms with Crippen LogP contribution in [-0.2, 0) is 11.3 Å². The van der Waals surface area contributed by atoms with Gasteiger partial charge >= 0.3 is 0 Å². The smallest absolute Gasteiger partial charge is 0.226 e. The number of aliphatic imine (C=N–C) groups is 1. The maximum atomic E-state index is 5.61. The minimum absolute atomic E-state index is 0.573. The third-order valence-electron chi connectivity index (χ3n) is 4.48. The lowest BCUT2D eigenvalue weighted by molar-refractivity contribution is 0.157. The third kappa shape index (κ3) is 4.39. The Labute approximate surface area is 148 Å². The summed E-state index contributed by atoms with van der Waals surface area (Å²) in [5.41, 5.74) is 3.07. The Hall–Kier alpha value is -2.34. The molecule has 0 bridgehead atoms. The average Bonchev–Trinajstić information content (AvgIpc) is 3.27. The molecule has 1 fully saturated rings. The van der Waals surface area contributed by atoms with Crippen molar-refractivity contribution in [2.45, 2.75) is 19.9 Å². The molecule has 1 aromatic heterocycles. The second-order valence-electron chi connectivity index (χ2n) is 6.47. The zero-order chi connectivity index (χ0) is 17.6. The van der Waals surface area contributed by atoms with Crippen LogP contribution < -0.4 is 5.32 Å². The van der Waals surface area contributed by atoms with Gasteiger partial charge in [-0.2, -0.15) is 0 Å². The van der Waals surface area contributed by atoms with Crippen LogP contribution in [0.25, 0.3) is 11.5 Å². The zero-order valence-electron chi connectivity index (χ0n) is 15.2. The molecule has 0 radical (unpaired) electrons. The van der Waals surface area contributed by atoms with E-state index in [0.29, 0.717) is 18.4 Å². The van der Waals surface area contributed by atoms with Gasteiger partial charge in [-0.3, -0.25) is 4.99 Å². The van der Waals surface area contributed by atoms with Gasteiger partial charge in [0.25, 0.3) is 0 Å². The van der Waals surface area contributed by atoms with Crippen LogP contribution >= 0.6 is 0 Å². The molecular formula is C19H26N4O2. The molecular weight excluding hydrogens is 316 g/mol. The zero-order valence-corrected chi connectivity index (χ0v) is 15.2. The fraction of sp³-hybridized carbons (Fsp3) is 0.474. The van der Waals surface area contributed by atoms with E-state index in [1.807, 2.05) is 19.2 Å². The number of hydrogen-bond acceptors (Lipinski definition) is 4. The standard InChI is InChI=1S/C19H26N4O2/c1-14-4-6-16(7-5-14)18-22-17(13-25-18)10-21-19(20-2)23-9-8-15(11-23)12-24-3/h4-7,13,15H,8-12H2,1-3H3,(H,20,21). The molecule has 0 aliphatic carbocycles. The summed E-state index contributed by atoms with van der Waals surface area (Å²) in [6.45, 7) is 5.43. The summed E-state index contributed by atoms with van der Waals surface area (Å²) in [5, 5.41) is 3.38. The van der Waals surface area contributed by atoms with E-state index in [9.17, 15) is 0 Å². The van der Waals surface area contributed by atoms with Gasteiger partial charge in [0, 0.05) is 38.7 Å². The molecule has 134 valence electrons. The van der Waals surface area contributed by atoms with Gasteiger partial charge < -0.3 is 19.4 Å². The van der Waals surface area contributed by atoms with E-state index in [0.717, 1.165) is 43.3 Å². The number of oxazole rings is 1. The van der Waals surface area contributed by atoms with Gasteiger partial charge in [-0.05, 0) is 25.5 Å². The van der Waals surface area contributed by atoms with E-state index in [1.54, 1.807) is 13.4 Å². The number of benzene rings is 1. The molecule has 2 heterocycles. The first-order valence-corrected chi connectivity index (χ1v) is 8.65. The van der Waals surface area contributed by atoms with E-state index in [1.165, 1.54) is 5.56 Å². The highest BCUT2D eigenvalue weighted by molar-refractivity contribution is 5.80. The summed E-state index contributed by atoms with van der Waals surface area (Å²) < 4.78 is 10.9. The van der Waals surface area contributed by atoms with Crippen LogP contribution in [0, 0.1) is 12.8 Å². The van der Waals surface area contributed by atoms with Crippen molar-refractivity contribution in [1.29, 1.82) is 0 Å². The molecule has 1 saturated heterocycles. The highest BCUT2D eigenvalue weighted by Crippen LogP contribution is 2.19. The number of likely N-dealkylation sites (tertiary alicyclic amines) is 1. The van der Waals surface area contributed by atoms with Gasteiger partial charge in [0.05, 0.1) is 18.8 Å². The normalized spacial score (nSPS) is 18.0. The van der Waals surface area contributed by atoms with E-state index >= 15 is 0 Å². The molecule has 25 heavy (non-hydrogen) atoms. The topological polar surface area (TPSA) is 62.9 Å². The molecule has 6 nitrogen and oxygen atoms in total. The number of methoxy groups -OCH3 is 1. The van der Waals surface area contributed by atoms with Gasteiger partial charge in [-0.1, -0.05) is 17.7 Å². The maximum absolute atomic E-state index is 5.61. The molecule has 6 heteroatoms. The van der Waals surface area contributed by atoms with Crippen LogP contribution in [-0.4, -0.2) is 49.7 Å². The first-order valence-electron chi connectivity index (χ1n) is 8.65. The van der Waals surface area contributed by atoms with Crippen molar-refractivity contribution in [3.05, 3.63) is 41.8 Å². The summed E-state index contributed by atoms with van der Waals surface area (Å²) >= 11 is 0. The monoisotopic (exact) mass is 342 g/mol. The van der Waals surface area contributed by atoms with Crippen LogP contribution in [0.2, 0.25) is 0 Å². The van der Waals surface area contributed by atoms with E-state index < -0.39 is 0 Å². The summed E-state index contributed by atoms with van der Waals surface area (Å²) in [6, 6.07) is 8.17. The minimum Gasteiger partial charge on any atom is -0.444 e. The van der Waals surface area contributed by atoms with Gasteiger partial charge in [0.1, 0.15) is 6.26 Å². The second-order valence-corrected chi connectivity index (χ2v) is 6.47. The number of aromatic nitrogens is 1. The predicted octanol–water partition coefficient (Wildman–Crippen LogP) is 2.69. The molecule has 1 aliphatic rings. The van der Waals surface area contributed by atoms with Crippen LogP contribution in [0.15, 0.2) is 39.9 Å². The summed E-state index contributed by atoms with van der Waals surface area (Å²) in [4.78, 5) is 11.2. The number of guanidine groups is 1. The van der Waals surface area contributed by atoms with Crippen LogP contribution in [0.5, 0.6) is 0 Å².